The van der Waals surface area contributed by atoms with E-state index in [1.165, 1.54) is 12.8 Å². The average Bonchev–Trinajstić information content (AvgIpc) is 3.25. The van der Waals surface area contributed by atoms with Crippen molar-refractivity contribution in [2.24, 2.45) is 5.41 Å². The quantitative estimate of drug-likeness (QED) is 0.803. The van der Waals surface area contributed by atoms with Crippen LogP contribution in [0.15, 0.2) is 0 Å². The van der Waals surface area contributed by atoms with Gasteiger partial charge in [0.1, 0.15) is 5.41 Å². The van der Waals surface area contributed by atoms with Gasteiger partial charge in [-0.15, -0.1) is 0 Å². The van der Waals surface area contributed by atoms with Crippen LogP contribution in [0, 0.1) is 16.7 Å². The van der Waals surface area contributed by atoms with Gasteiger partial charge < -0.3 is 5.32 Å². The molecule has 3 fully saturated rings. The number of hydrogen-bond acceptors (Lipinski definition) is 3. The van der Waals surface area contributed by atoms with Crippen LogP contribution in [0.25, 0.3) is 0 Å². The first-order valence-electron chi connectivity index (χ1n) is 8.20. The zero-order chi connectivity index (χ0) is 14.0. The summed E-state index contributed by atoms with van der Waals surface area (Å²) in [4.78, 5) is 15.1. The molecule has 0 bridgehead atoms. The van der Waals surface area contributed by atoms with Crippen LogP contribution in [0.4, 0.5) is 0 Å². The van der Waals surface area contributed by atoms with Crippen LogP contribution in [-0.4, -0.2) is 36.0 Å². The van der Waals surface area contributed by atoms with Gasteiger partial charge in [0.2, 0.25) is 5.91 Å². The van der Waals surface area contributed by atoms with Crippen molar-refractivity contribution >= 4 is 5.91 Å². The molecule has 0 spiro atoms. The topological polar surface area (TPSA) is 56.1 Å². The first kappa shape index (κ1) is 13.9. The molecule has 3 aliphatic rings. The molecule has 1 amide bonds. The van der Waals surface area contributed by atoms with Crippen molar-refractivity contribution in [3.63, 3.8) is 0 Å². The molecular formula is C16H25N3O. The Hall–Kier alpha value is -1.08. The van der Waals surface area contributed by atoms with Crippen molar-refractivity contribution in [1.29, 1.82) is 5.26 Å². The van der Waals surface area contributed by atoms with E-state index in [4.69, 9.17) is 0 Å². The Morgan fingerprint density at radius 1 is 1.15 bits per heavy atom. The minimum absolute atomic E-state index is 0.00421. The summed E-state index contributed by atoms with van der Waals surface area (Å²) >= 11 is 0. The maximum Gasteiger partial charge on any atom is 0.240 e. The van der Waals surface area contributed by atoms with Crippen LogP contribution in [0.3, 0.4) is 0 Å². The van der Waals surface area contributed by atoms with E-state index < -0.39 is 5.41 Å². The van der Waals surface area contributed by atoms with E-state index in [9.17, 15) is 10.1 Å². The molecule has 1 aliphatic heterocycles. The highest BCUT2D eigenvalue weighted by atomic mass is 16.2. The van der Waals surface area contributed by atoms with Gasteiger partial charge >= 0.3 is 0 Å². The minimum atomic E-state index is -0.747. The van der Waals surface area contributed by atoms with Crippen LogP contribution in [0.1, 0.15) is 57.8 Å². The molecule has 0 aromatic carbocycles. The summed E-state index contributed by atoms with van der Waals surface area (Å²) in [5.74, 6) is 0.00421. The third kappa shape index (κ3) is 2.83. The molecule has 1 unspecified atom stereocenters. The van der Waals surface area contributed by atoms with E-state index in [0.717, 1.165) is 64.1 Å². The number of rotatable bonds is 3. The maximum atomic E-state index is 12.6. The fourth-order valence-corrected chi connectivity index (χ4v) is 3.72. The molecule has 1 heterocycles. The fraction of sp³-hybridized carbons (Fsp3) is 0.875. The predicted molar refractivity (Wildman–Crippen MR) is 76.9 cm³/mol. The second-order valence-electron chi connectivity index (χ2n) is 6.79. The number of nitrogens with zero attached hydrogens (tertiary/aromatic N) is 2. The van der Waals surface area contributed by atoms with E-state index in [1.54, 1.807) is 0 Å². The third-order valence-corrected chi connectivity index (χ3v) is 5.22. The van der Waals surface area contributed by atoms with Crippen LogP contribution >= 0.6 is 0 Å². The van der Waals surface area contributed by atoms with Gasteiger partial charge in [0.15, 0.2) is 0 Å². The maximum absolute atomic E-state index is 12.6. The molecule has 0 radical (unpaired) electrons. The van der Waals surface area contributed by atoms with Gasteiger partial charge in [-0.3, -0.25) is 9.69 Å². The lowest BCUT2D eigenvalue weighted by molar-refractivity contribution is -0.129. The van der Waals surface area contributed by atoms with E-state index in [2.05, 4.69) is 16.3 Å². The molecule has 4 nitrogen and oxygen atoms in total. The number of amides is 1. The third-order valence-electron chi connectivity index (χ3n) is 5.22. The van der Waals surface area contributed by atoms with E-state index in [1.807, 2.05) is 0 Å². The summed E-state index contributed by atoms with van der Waals surface area (Å²) in [6.07, 6.45) is 9.53. The first-order chi connectivity index (χ1) is 9.73. The molecule has 1 atom stereocenters. The normalized spacial score (nSPS) is 30.4. The standard InChI is InChI=1S/C16H25N3O/c17-12-16(8-3-1-2-4-9-16)15(20)18-13-7-10-19(11-13)14-5-6-14/h13-14H,1-11H2,(H,18,20). The SMILES string of the molecule is N#CC1(C(=O)NC2CCN(C3CC3)C2)CCCCCC1. The first-order valence-corrected chi connectivity index (χ1v) is 8.20. The lowest BCUT2D eigenvalue weighted by Gasteiger charge is -2.26. The Kier molecular flexibility index (Phi) is 3.98. The molecule has 1 N–H and O–H groups in total. The number of hydrogen-bond donors (Lipinski definition) is 1. The Labute approximate surface area is 121 Å². The molecule has 2 aliphatic carbocycles. The Morgan fingerprint density at radius 3 is 2.45 bits per heavy atom. The second kappa shape index (κ2) is 5.73. The van der Waals surface area contributed by atoms with Crippen molar-refractivity contribution in [3.05, 3.63) is 0 Å². The summed E-state index contributed by atoms with van der Waals surface area (Å²) in [7, 11) is 0. The highest BCUT2D eigenvalue weighted by Crippen LogP contribution is 2.35. The zero-order valence-electron chi connectivity index (χ0n) is 12.2. The minimum Gasteiger partial charge on any atom is -0.351 e. The van der Waals surface area contributed by atoms with Crippen LogP contribution < -0.4 is 5.32 Å². The van der Waals surface area contributed by atoms with Gasteiger partial charge in [0.25, 0.3) is 0 Å². The monoisotopic (exact) mass is 275 g/mol. The lowest BCUT2D eigenvalue weighted by atomic mass is 9.80. The molecule has 110 valence electrons. The molecule has 0 aromatic rings. The van der Waals surface area contributed by atoms with Crippen LogP contribution in [0.2, 0.25) is 0 Å². The lowest BCUT2D eigenvalue weighted by Crippen LogP contribution is -2.46. The highest BCUT2D eigenvalue weighted by Gasteiger charge is 2.41. The molecule has 2 saturated carbocycles. The Balaban J connectivity index is 1.58. The van der Waals surface area contributed by atoms with Crippen molar-refractivity contribution < 1.29 is 4.79 Å². The molecule has 0 aromatic heterocycles. The van der Waals surface area contributed by atoms with E-state index in [-0.39, 0.29) is 11.9 Å². The average molecular weight is 275 g/mol. The summed E-state index contributed by atoms with van der Waals surface area (Å²) in [5.41, 5.74) is -0.747. The van der Waals surface area contributed by atoms with Crippen molar-refractivity contribution in [2.75, 3.05) is 13.1 Å². The highest BCUT2D eigenvalue weighted by molar-refractivity contribution is 5.85. The van der Waals surface area contributed by atoms with Crippen molar-refractivity contribution in [2.45, 2.75) is 69.9 Å². The number of likely N-dealkylation sites (tertiary alicyclic amines) is 1. The van der Waals surface area contributed by atoms with E-state index >= 15 is 0 Å². The predicted octanol–water partition coefficient (Wildman–Crippen LogP) is 2.20. The number of nitrogens with one attached hydrogen (secondary N) is 1. The summed E-state index contributed by atoms with van der Waals surface area (Å²) in [5, 5.41) is 12.7. The zero-order valence-corrected chi connectivity index (χ0v) is 12.2. The number of carbonyl (C=O) groups excluding carboxylic acids is 1. The fourth-order valence-electron chi connectivity index (χ4n) is 3.72. The van der Waals surface area contributed by atoms with Crippen molar-refractivity contribution in [1.82, 2.24) is 10.2 Å². The number of carbonyl (C=O) groups is 1. The van der Waals surface area contributed by atoms with E-state index in [0.29, 0.717) is 0 Å². The Bertz CT molecular complexity index is 402. The van der Waals surface area contributed by atoms with Gasteiger partial charge in [-0.05, 0) is 32.1 Å². The van der Waals surface area contributed by atoms with Crippen LogP contribution in [-0.2, 0) is 4.79 Å². The second-order valence-corrected chi connectivity index (χ2v) is 6.79. The molecular weight excluding hydrogens is 250 g/mol. The van der Waals surface area contributed by atoms with Gasteiger partial charge in [-0.25, -0.2) is 0 Å². The van der Waals surface area contributed by atoms with Gasteiger partial charge in [-0.1, -0.05) is 25.7 Å². The summed E-state index contributed by atoms with van der Waals surface area (Å²) < 4.78 is 0. The summed E-state index contributed by atoms with van der Waals surface area (Å²) in [6, 6.07) is 3.39. The van der Waals surface area contributed by atoms with Crippen LogP contribution in [0.5, 0.6) is 0 Å². The molecule has 3 rings (SSSR count). The Morgan fingerprint density at radius 2 is 1.85 bits per heavy atom. The molecule has 4 heteroatoms. The van der Waals surface area contributed by atoms with Gasteiger partial charge in [0.05, 0.1) is 6.07 Å². The molecule has 1 saturated heterocycles. The van der Waals surface area contributed by atoms with Gasteiger partial charge in [-0.2, -0.15) is 5.26 Å². The van der Waals surface area contributed by atoms with Crippen molar-refractivity contribution in [3.8, 4) is 6.07 Å². The summed E-state index contributed by atoms with van der Waals surface area (Å²) in [6.45, 7) is 2.09. The smallest absolute Gasteiger partial charge is 0.240 e. The number of nitriles is 1. The van der Waals surface area contributed by atoms with Gasteiger partial charge in [0, 0.05) is 25.2 Å². The largest absolute Gasteiger partial charge is 0.351 e. The molecule has 20 heavy (non-hydrogen) atoms.